The number of nitrogens with one attached hydrogen (secondary N) is 1. The van der Waals surface area contributed by atoms with Gasteiger partial charge < -0.3 is 11.1 Å². The number of anilines is 1. The van der Waals surface area contributed by atoms with Gasteiger partial charge in [0.05, 0.1) is 0 Å². The minimum Gasteiger partial charge on any atom is -0.368 e. The average molecular weight is 193 g/mol. The molecule has 0 aromatic carbocycles. The van der Waals surface area contributed by atoms with Crippen LogP contribution < -0.4 is 11.1 Å². The molecule has 0 saturated heterocycles. The first-order chi connectivity index (χ1) is 6.58. The van der Waals surface area contributed by atoms with E-state index in [1.54, 1.807) is 0 Å². The first-order valence-electron chi connectivity index (χ1n) is 5.02. The highest BCUT2D eigenvalue weighted by atomic mass is 15.0. The predicted molar refractivity (Wildman–Crippen MR) is 60.3 cm³/mol. The lowest BCUT2D eigenvalue weighted by Crippen LogP contribution is -2.26. The van der Waals surface area contributed by atoms with Crippen molar-refractivity contribution in [3.8, 4) is 0 Å². The summed E-state index contributed by atoms with van der Waals surface area (Å²) in [7, 11) is 0. The van der Waals surface area contributed by atoms with Crippen LogP contribution in [0.4, 0.5) is 5.82 Å². The zero-order valence-electron chi connectivity index (χ0n) is 9.12. The Morgan fingerprint density at radius 3 is 2.79 bits per heavy atom. The van der Waals surface area contributed by atoms with Crippen LogP contribution in [0.3, 0.4) is 0 Å². The summed E-state index contributed by atoms with van der Waals surface area (Å²) in [5, 5.41) is 3.32. The Morgan fingerprint density at radius 1 is 1.50 bits per heavy atom. The van der Waals surface area contributed by atoms with Gasteiger partial charge in [-0.05, 0) is 44.9 Å². The molecule has 0 fully saturated rings. The summed E-state index contributed by atoms with van der Waals surface area (Å²) >= 11 is 0. The van der Waals surface area contributed by atoms with Crippen LogP contribution >= 0.6 is 0 Å². The highest BCUT2D eigenvalue weighted by molar-refractivity contribution is 5.37. The lowest BCUT2D eigenvalue weighted by molar-refractivity contribution is 0.603. The van der Waals surface area contributed by atoms with Crippen molar-refractivity contribution in [2.24, 2.45) is 5.73 Å². The van der Waals surface area contributed by atoms with Crippen LogP contribution in [0, 0.1) is 6.92 Å². The maximum atomic E-state index is 5.72. The van der Waals surface area contributed by atoms with Crippen LogP contribution in [0.5, 0.6) is 0 Å². The van der Waals surface area contributed by atoms with Crippen molar-refractivity contribution in [3.63, 3.8) is 0 Å². The molecule has 14 heavy (non-hydrogen) atoms. The zero-order chi connectivity index (χ0) is 10.6. The highest BCUT2D eigenvalue weighted by Crippen LogP contribution is 2.08. The lowest BCUT2D eigenvalue weighted by Gasteiger charge is -2.16. The highest BCUT2D eigenvalue weighted by Gasteiger charge is 2.05. The van der Waals surface area contributed by atoms with Crippen LogP contribution in [0.15, 0.2) is 18.3 Å². The Bertz CT molecular complexity index is 284. The largest absolute Gasteiger partial charge is 0.368 e. The molecule has 0 saturated carbocycles. The van der Waals surface area contributed by atoms with E-state index in [0.29, 0.717) is 6.04 Å². The number of hydrogen-bond acceptors (Lipinski definition) is 3. The number of rotatable bonds is 4. The van der Waals surface area contributed by atoms with Crippen LogP contribution in [0.25, 0.3) is 0 Å². The van der Waals surface area contributed by atoms with Gasteiger partial charge in [-0.15, -0.1) is 0 Å². The van der Waals surface area contributed by atoms with E-state index in [4.69, 9.17) is 5.73 Å². The fraction of sp³-hybridized carbons (Fsp3) is 0.545. The SMILES string of the molecule is Cc1ccnc(NC(C)CC(C)N)c1. The third-order valence-corrected chi connectivity index (χ3v) is 2.04. The van der Waals surface area contributed by atoms with E-state index in [1.807, 2.05) is 25.3 Å². The summed E-state index contributed by atoms with van der Waals surface area (Å²) < 4.78 is 0. The number of nitrogens with zero attached hydrogens (tertiary/aromatic N) is 1. The van der Waals surface area contributed by atoms with Gasteiger partial charge in [0.2, 0.25) is 0 Å². The third kappa shape index (κ3) is 3.75. The second-order valence-electron chi connectivity index (χ2n) is 3.98. The maximum Gasteiger partial charge on any atom is 0.126 e. The molecule has 3 nitrogen and oxygen atoms in total. The topological polar surface area (TPSA) is 50.9 Å². The Kier molecular flexibility index (Phi) is 3.89. The van der Waals surface area contributed by atoms with Crippen LogP contribution in [0.2, 0.25) is 0 Å². The molecule has 3 heteroatoms. The smallest absolute Gasteiger partial charge is 0.126 e. The van der Waals surface area contributed by atoms with Crippen molar-refractivity contribution in [1.82, 2.24) is 4.98 Å². The molecular formula is C11H19N3. The molecule has 2 atom stereocenters. The summed E-state index contributed by atoms with van der Waals surface area (Å²) in [5.41, 5.74) is 6.93. The Balaban J connectivity index is 2.51. The standard InChI is InChI=1S/C11H19N3/c1-8-4-5-13-11(6-8)14-10(3)7-9(2)12/h4-6,9-10H,7,12H2,1-3H3,(H,13,14). The zero-order valence-corrected chi connectivity index (χ0v) is 9.12. The van der Waals surface area contributed by atoms with Crippen LogP contribution in [-0.2, 0) is 0 Å². The van der Waals surface area contributed by atoms with Gasteiger partial charge in [0.25, 0.3) is 0 Å². The first-order valence-corrected chi connectivity index (χ1v) is 5.02. The summed E-state index contributed by atoms with van der Waals surface area (Å²) in [5.74, 6) is 0.929. The van der Waals surface area contributed by atoms with Crippen molar-refractivity contribution in [1.29, 1.82) is 0 Å². The van der Waals surface area contributed by atoms with Crippen molar-refractivity contribution in [3.05, 3.63) is 23.9 Å². The molecule has 0 spiro atoms. The number of aryl methyl sites for hydroxylation is 1. The number of pyridine rings is 1. The molecule has 1 aromatic rings. The molecule has 0 aliphatic carbocycles. The summed E-state index contributed by atoms with van der Waals surface area (Å²) in [6, 6.07) is 4.62. The van der Waals surface area contributed by atoms with Crippen molar-refractivity contribution < 1.29 is 0 Å². The average Bonchev–Trinajstić information content (AvgIpc) is 2.01. The molecule has 3 N–H and O–H groups in total. The van der Waals surface area contributed by atoms with Gasteiger partial charge in [-0.2, -0.15) is 0 Å². The quantitative estimate of drug-likeness (QED) is 0.768. The van der Waals surface area contributed by atoms with E-state index in [1.165, 1.54) is 5.56 Å². The van der Waals surface area contributed by atoms with Gasteiger partial charge in [-0.1, -0.05) is 0 Å². The molecule has 0 amide bonds. The maximum absolute atomic E-state index is 5.72. The monoisotopic (exact) mass is 193 g/mol. The van der Waals surface area contributed by atoms with Crippen molar-refractivity contribution in [2.75, 3.05) is 5.32 Å². The van der Waals surface area contributed by atoms with E-state index in [0.717, 1.165) is 12.2 Å². The molecule has 1 aromatic heterocycles. The second-order valence-corrected chi connectivity index (χ2v) is 3.98. The summed E-state index contributed by atoms with van der Waals surface area (Å²) in [6.07, 6.45) is 2.77. The van der Waals surface area contributed by atoms with Gasteiger partial charge in [-0.3, -0.25) is 0 Å². The minimum absolute atomic E-state index is 0.224. The molecule has 1 rings (SSSR count). The van der Waals surface area contributed by atoms with Crippen molar-refractivity contribution in [2.45, 2.75) is 39.3 Å². The molecule has 0 radical (unpaired) electrons. The van der Waals surface area contributed by atoms with Crippen LogP contribution in [-0.4, -0.2) is 17.1 Å². The molecule has 1 heterocycles. The normalized spacial score (nSPS) is 14.9. The second kappa shape index (κ2) is 4.96. The number of aromatic nitrogens is 1. The molecule has 0 bridgehead atoms. The van der Waals surface area contributed by atoms with Gasteiger partial charge in [0.1, 0.15) is 5.82 Å². The van der Waals surface area contributed by atoms with E-state index in [2.05, 4.69) is 24.1 Å². The van der Waals surface area contributed by atoms with Crippen molar-refractivity contribution >= 4 is 5.82 Å². The third-order valence-electron chi connectivity index (χ3n) is 2.04. The molecular weight excluding hydrogens is 174 g/mol. The number of nitrogens with two attached hydrogens (primary N) is 1. The molecule has 2 unspecified atom stereocenters. The van der Waals surface area contributed by atoms with E-state index in [9.17, 15) is 0 Å². The Hall–Kier alpha value is -1.09. The first kappa shape index (κ1) is 11.0. The van der Waals surface area contributed by atoms with Crippen LogP contribution in [0.1, 0.15) is 25.8 Å². The summed E-state index contributed by atoms with van der Waals surface area (Å²) in [6.45, 7) is 6.19. The Morgan fingerprint density at radius 2 is 2.21 bits per heavy atom. The minimum atomic E-state index is 0.224. The van der Waals surface area contributed by atoms with Gasteiger partial charge in [-0.25, -0.2) is 4.98 Å². The summed E-state index contributed by atoms with van der Waals surface area (Å²) in [4.78, 5) is 4.23. The number of hydrogen-bond donors (Lipinski definition) is 2. The van der Waals surface area contributed by atoms with E-state index >= 15 is 0 Å². The molecule has 0 aliphatic heterocycles. The fourth-order valence-electron chi connectivity index (χ4n) is 1.48. The van der Waals surface area contributed by atoms with E-state index < -0.39 is 0 Å². The fourth-order valence-corrected chi connectivity index (χ4v) is 1.48. The van der Waals surface area contributed by atoms with Gasteiger partial charge in [0, 0.05) is 18.3 Å². The van der Waals surface area contributed by atoms with E-state index in [-0.39, 0.29) is 6.04 Å². The van der Waals surface area contributed by atoms with Gasteiger partial charge >= 0.3 is 0 Å². The Labute approximate surface area is 85.7 Å². The van der Waals surface area contributed by atoms with Gasteiger partial charge in [0.15, 0.2) is 0 Å². The predicted octanol–water partition coefficient (Wildman–Crippen LogP) is 1.93. The lowest BCUT2D eigenvalue weighted by atomic mass is 10.1. The molecule has 0 aliphatic rings. The molecule has 78 valence electrons.